The minimum atomic E-state index is -0.621. The second kappa shape index (κ2) is 5.99. The van der Waals surface area contributed by atoms with Gasteiger partial charge in [0.2, 0.25) is 0 Å². The van der Waals surface area contributed by atoms with Crippen molar-refractivity contribution < 1.29 is 14.6 Å². The monoisotopic (exact) mass is 323 g/mol. The van der Waals surface area contributed by atoms with Crippen LogP contribution in [0, 0.1) is 11.3 Å². The molecule has 0 amide bonds. The molecule has 0 fully saturated rings. The number of aliphatic hydroxyl groups excluding tert-OH is 1. The number of aliphatic hydroxyl groups is 1. The summed E-state index contributed by atoms with van der Waals surface area (Å²) in [4.78, 5) is 12.0. The maximum absolute atomic E-state index is 12.0. The Bertz CT molecular complexity index is 872. The molecule has 0 aliphatic carbocycles. The van der Waals surface area contributed by atoms with E-state index in [9.17, 15) is 9.90 Å². The Morgan fingerprint density at radius 3 is 2.35 bits per heavy atom. The van der Waals surface area contributed by atoms with Gasteiger partial charge in [-0.2, -0.15) is 5.26 Å². The quantitative estimate of drug-likeness (QED) is 0.845. The molecule has 23 heavy (non-hydrogen) atoms. The fourth-order valence-electron chi connectivity index (χ4n) is 2.19. The molecule has 0 spiro atoms. The van der Waals surface area contributed by atoms with Crippen LogP contribution in [0.1, 0.15) is 16.7 Å². The normalized spacial score (nSPS) is 15.7. The molecule has 5 heteroatoms. The van der Waals surface area contributed by atoms with Gasteiger partial charge in [0.15, 0.2) is 11.5 Å². The number of nitrogens with zero attached hydrogens (tertiary/aromatic N) is 1. The summed E-state index contributed by atoms with van der Waals surface area (Å²) in [5.74, 6) is -0.768. The molecule has 0 bridgehead atoms. The van der Waals surface area contributed by atoms with Crippen molar-refractivity contribution in [2.75, 3.05) is 0 Å². The number of benzene rings is 2. The molecule has 1 heterocycles. The van der Waals surface area contributed by atoms with Crippen molar-refractivity contribution in [1.29, 1.82) is 5.26 Å². The van der Waals surface area contributed by atoms with Crippen LogP contribution in [-0.4, -0.2) is 11.1 Å². The molecule has 0 unspecified atom stereocenters. The van der Waals surface area contributed by atoms with Gasteiger partial charge in [0.05, 0.1) is 11.6 Å². The standard InChI is InChI=1S/C18H10ClNO3/c19-14-7-5-13(6-8-14)16-17(21)15(23-18(16)22)9-11-1-3-12(10-20)4-2-11/h1-9,21H. The second-order valence-corrected chi connectivity index (χ2v) is 5.30. The molecule has 2 aromatic rings. The first-order valence-electron chi connectivity index (χ1n) is 6.72. The van der Waals surface area contributed by atoms with Crippen LogP contribution in [-0.2, 0) is 9.53 Å². The number of cyclic esters (lactones) is 1. The molecule has 1 N–H and O–H groups in total. The van der Waals surface area contributed by atoms with E-state index in [-0.39, 0.29) is 17.1 Å². The van der Waals surface area contributed by atoms with Gasteiger partial charge in [0.25, 0.3) is 0 Å². The van der Waals surface area contributed by atoms with E-state index in [1.807, 2.05) is 6.07 Å². The Kier molecular flexibility index (Phi) is 3.88. The second-order valence-electron chi connectivity index (χ2n) is 4.86. The molecule has 0 aromatic heterocycles. The predicted molar refractivity (Wildman–Crippen MR) is 86.2 cm³/mol. The van der Waals surface area contributed by atoms with Crippen molar-refractivity contribution in [2.24, 2.45) is 0 Å². The van der Waals surface area contributed by atoms with Gasteiger partial charge >= 0.3 is 5.97 Å². The van der Waals surface area contributed by atoms with Crippen LogP contribution < -0.4 is 0 Å². The van der Waals surface area contributed by atoms with Gasteiger partial charge in [0.1, 0.15) is 5.57 Å². The molecule has 0 radical (unpaired) electrons. The molecule has 4 nitrogen and oxygen atoms in total. The summed E-state index contributed by atoms with van der Waals surface area (Å²) in [5, 5.41) is 19.6. The number of carbonyl (C=O) groups is 1. The first kappa shape index (κ1) is 14.9. The lowest BCUT2D eigenvalue weighted by atomic mass is 10.1. The van der Waals surface area contributed by atoms with E-state index in [0.717, 1.165) is 0 Å². The number of nitriles is 1. The molecule has 0 atom stereocenters. The number of halogens is 1. The number of esters is 1. The molecule has 0 saturated carbocycles. The maximum Gasteiger partial charge on any atom is 0.348 e. The SMILES string of the molecule is N#Cc1ccc(C=C2OC(=O)C(c3ccc(Cl)cc3)=C2O)cc1. The van der Waals surface area contributed by atoms with E-state index in [0.29, 0.717) is 21.7 Å². The molecular formula is C18H10ClNO3. The molecule has 1 aliphatic rings. The highest BCUT2D eigenvalue weighted by molar-refractivity contribution is 6.30. The van der Waals surface area contributed by atoms with E-state index in [4.69, 9.17) is 21.6 Å². The zero-order valence-corrected chi connectivity index (χ0v) is 12.5. The third-order valence-electron chi connectivity index (χ3n) is 3.35. The highest BCUT2D eigenvalue weighted by Gasteiger charge is 2.31. The summed E-state index contributed by atoms with van der Waals surface area (Å²) in [5.41, 5.74) is 1.86. The fraction of sp³-hybridized carbons (Fsp3) is 0. The van der Waals surface area contributed by atoms with Crippen LogP contribution in [0.15, 0.2) is 60.0 Å². The van der Waals surface area contributed by atoms with Crippen LogP contribution in [0.25, 0.3) is 11.6 Å². The lowest BCUT2D eigenvalue weighted by molar-refractivity contribution is -0.131. The number of hydrogen-bond acceptors (Lipinski definition) is 4. The Hall–Kier alpha value is -3.03. The van der Waals surface area contributed by atoms with E-state index < -0.39 is 5.97 Å². The zero-order valence-electron chi connectivity index (χ0n) is 11.8. The Morgan fingerprint density at radius 2 is 1.74 bits per heavy atom. The van der Waals surface area contributed by atoms with Gasteiger partial charge in [-0.1, -0.05) is 35.9 Å². The lowest BCUT2D eigenvalue weighted by Crippen LogP contribution is -1.98. The summed E-state index contributed by atoms with van der Waals surface area (Å²) in [7, 11) is 0. The average Bonchev–Trinajstić information content (AvgIpc) is 2.83. The van der Waals surface area contributed by atoms with Crippen LogP contribution >= 0.6 is 11.6 Å². The predicted octanol–water partition coefficient (Wildman–Crippen LogP) is 4.08. The van der Waals surface area contributed by atoms with Crippen molar-refractivity contribution >= 4 is 29.2 Å². The average molecular weight is 324 g/mol. The van der Waals surface area contributed by atoms with Gasteiger partial charge in [-0.3, -0.25) is 0 Å². The van der Waals surface area contributed by atoms with E-state index in [1.165, 1.54) is 6.08 Å². The number of rotatable bonds is 2. The molecule has 0 saturated heterocycles. The molecule has 3 rings (SSSR count). The smallest absolute Gasteiger partial charge is 0.348 e. The Labute approximate surface area is 137 Å². The summed E-state index contributed by atoms with van der Waals surface area (Å²) in [6.45, 7) is 0. The molecule has 2 aromatic carbocycles. The van der Waals surface area contributed by atoms with Gasteiger partial charge in [0, 0.05) is 5.02 Å². The van der Waals surface area contributed by atoms with Crippen molar-refractivity contribution in [1.82, 2.24) is 0 Å². The van der Waals surface area contributed by atoms with Gasteiger partial charge in [-0.25, -0.2) is 4.79 Å². The number of carbonyl (C=O) groups excluding carboxylic acids is 1. The van der Waals surface area contributed by atoms with Crippen molar-refractivity contribution in [3.63, 3.8) is 0 Å². The maximum atomic E-state index is 12.0. The van der Waals surface area contributed by atoms with Crippen molar-refractivity contribution in [3.05, 3.63) is 81.8 Å². The van der Waals surface area contributed by atoms with Gasteiger partial charge in [-0.05, 0) is 41.5 Å². The molecular weight excluding hydrogens is 314 g/mol. The third kappa shape index (κ3) is 2.96. The van der Waals surface area contributed by atoms with Crippen LogP contribution in [0.5, 0.6) is 0 Å². The van der Waals surface area contributed by atoms with Gasteiger partial charge < -0.3 is 9.84 Å². The molecule has 112 valence electrons. The summed E-state index contributed by atoms with van der Waals surface area (Å²) in [6.07, 6.45) is 1.54. The highest BCUT2D eigenvalue weighted by Crippen LogP contribution is 2.33. The topological polar surface area (TPSA) is 70.3 Å². The lowest BCUT2D eigenvalue weighted by Gasteiger charge is -1.99. The van der Waals surface area contributed by atoms with Crippen molar-refractivity contribution in [3.8, 4) is 6.07 Å². The summed E-state index contributed by atoms with van der Waals surface area (Å²) < 4.78 is 5.13. The molecule has 1 aliphatic heterocycles. The fourth-order valence-corrected chi connectivity index (χ4v) is 2.32. The minimum Gasteiger partial charge on any atom is -0.504 e. The largest absolute Gasteiger partial charge is 0.504 e. The highest BCUT2D eigenvalue weighted by atomic mass is 35.5. The first-order chi connectivity index (χ1) is 11.1. The summed E-state index contributed by atoms with van der Waals surface area (Å²) in [6, 6.07) is 15.3. The Morgan fingerprint density at radius 1 is 1.09 bits per heavy atom. The van der Waals surface area contributed by atoms with Crippen LogP contribution in [0.3, 0.4) is 0 Å². The number of hydrogen-bond donors (Lipinski definition) is 1. The van der Waals surface area contributed by atoms with Crippen LogP contribution in [0.2, 0.25) is 5.02 Å². The van der Waals surface area contributed by atoms with E-state index in [1.54, 1.807) is 48.5 Å². The van der Waals surface area contributed by atoms with Crippen molar-refractivity contribution in [2.45, 2.75) is 0 Å². The Balaban J connectivity index is 1.98. The first-order valence-corrected chi connectivity index (χ1v) is 7.10. The zero-order chi connectivity index (χ0) is 16.4. The third-order valence-corrected chi connectivity index (χ3v) is 3.60. The van der Waals surface area contributed by atoms with E-state index >= 15 is 0 Å². The minimum absolute atomic E-state index is 0.0738. The van der Waals surface area contributed by atoms with Crippen LogP contribution in [0.4, 0.5) is 0 Å². The summed E-state index contributed by atoms with van der Waals surface area (Å²) >= 11 is 5.82. The number of ether oxygens (including phenoxy) is 1. The van der Waals surface area contributed by atoms with Gasteiger partial charge in [-0.15, -0.1) is 0 Å². The van der Waals surface area contributed by atoms with E-state index in [2.05, 4.69) is 0 Å².